The van der Waals surface area contributed by atoms with Gasteiger partial charge in [0.2, 0.25) is 0 Å². The van der Waals surface area contributed by atoms with E-state index in [2.05, 4.69) is 29.5 Å². The van der Waals surface area contributed by atoms with Gasteiger partial charge in [-0.2, -0.15) is 0 Å². The minimum Gasteiger partial charge on any atom is -0.497 e. The van der Waals surface area contributed by atoms with E-state index in [1.165, 1.54) is 0 Å². The van der Waals surface area contributed by atoms with Gasteiger partial charge in [0.25, 0.3) is 0 Å². The molecule has 1 aromatic carbocycles. The molecule has 0 aromatic heterocycles. The number of nitrogens with zero attached hydrogens (tertiary/aromatic N) is 1. The normalized spacial score (nSPS) is 12.9. The quantitative estimate of drug-likeness (QED) is 0.573. The summed E-state index contributed by atoms with van der Waals surface area (Å²) in [7, 11) is 3.43. The third-order valence-corrected chi connectivity index (χ3v) is 3.19. The van der Waals surface area contributed by atoms with Crippen molar-refractivity contribution in [3.05, 3.63) is 24.3 Å². The highest BCUT2D eigenvalue weighted by Gasteiger charge is 2.06. The molecular weight excluding hydrogens is 278 g/mol. The Morgan fingerprint density at radius 1 is 1.09 bits per heavy atom. The summed E-state index contributed by atoms with van der Waals surface area (Å²) in [5.41, 5.74) is 0. The van der Waals surface area contributed by atoms with Crippen molar-refractivity contribution in [3.8, 4) is 11.5 Å². The first-order valence-corrected chi connectivity index (χ1v) is 7.80. The highest BCUT2D eigenvalue weighted by Crippen LogP contribution is 2.17. The molecule has 5 nitrogen and oxygen atoms in total. The lowest BCUT2D eigenvalue weighted by Crippen LogP contribution is -2.42. The van der Waals surface area contributed by atoms with Crippen molar-refractivity contribution in [2.75, 3.05) is 27.2 Å². The Kier molecular flexibility index (Phi) is 8.18. The maximum absolute atomic E-state index is 5.85. The van der Waals surface area contributed by atoms with E-state index < -0.39 is 0 Å². The standard InChI is InChI=1S/C17H29N3O2/c1-13(2)10-11-19-17(18-4)20-12-14(3)22-16-8-6-15(21-5)7-9-16/h6-9,13-14H,10-12H2,1-5H3,(H2,18,19,20). The number of aliphatic imine (C=N–C) groups is 1. The second-order valence-corrected chi connectivity index (χ2v) is 5.67. The van der Waals surface area contributed by atoms with Crippen LogP contribution in [0.3, 0.4) is 0 Å². The molecule has 1 unspecified atom stereocenters. The van der Waals surface area contributed by atoms with Gasteiger partial charge in [-0.1, -0.05) is 13.8 Å². The molecule has 0 aliphatic carbocycles. The average molecular weight is 307 g/mol. The van der Waals surface area contributed by atoms with Gasteiger partial charge in [0.15, 0.2) is 5.96 Å². The van der Waals surface area contributed by atoms with E-state index in [0.29, 0.717) is 12.5 Å². The Morgan fingerprint density at radius 2 is 1.73 bits per heavy atom. The van der Waals surface area contributed by atoms with Gasteiger partial charge in [0.05, 0.1) is 13.7 Å². The molecule has 0 spiro atoms. The number of hydrogen-bond donors (Lipinski definition) is 2. The van der Waals surface area contributed by atoms with Crippen molar-refractivity contribution in [3.63, 3.8) is 0 Å². The highest BCUT2D eigenvalue weighted by atomic mass is 16.5. The Balaban J connectivity index is 2.32. The topological polar surface area (TPSA) is 54.9 Å². The van der Waals surface area contributed by atoms with Gasteiger partial charge >= 0.3 is 0 Å². The largest absolute Gasteiger partial charge is 0.497 e. The van der Waals surface area contributed by atoms with Gasteiger partial charge in [-0.05, 0) is 43.5 Å². The van der Waals surface area contributed by atoms with E-state index >= 15 is 0 Å². The molecule has 1 aromatic rings. The van der Waals surface area contributed by atoms with E-state index in [-0.39, 0.29) is 6.10 Å². The summed E-state index contributed by atoms with van der Waals surface area (Å²) in [5.74, 6) is 3.15. The lowest BCUT2D eigenvalue weighted by molar-refractivity contribution is 0.223. The SMILES string of the molecule is CN=C(NCCC(C)C)NCC(C)Oc1ccc(OC)cc1. The second kappa shape index (κ2) is 9.92. The monoisotopic (exact) mass is 307 g/mol. The molecular formula is C17H29N3O2. The summed E-state index contributed by atoms with van der Waals surface area (Å²) in [6, 6.07) is 7.60. The van der Waals surface area contributed by atoms with Crippen LogP contribution < -0.4 is 20.1 Å². The van der Waals surface area contributed by atoms with E-state index in [1.54, 1.807) is 14.2 Å². The maximum Gasteiger partial charge on any atom is 0.191 e. The van der Waals surface area contributed by atoms with Crippen LogP contribution in [0.2, 0.25) is 0 Å². The van der Waals surface area contributed by atoms with Crippen LogP contribution >= 0.6 is 0 Å². The molecule has 1 atom stereocenters. The van der Waals surface area contributed by atoms with E-state index in [9.17, 15) is 0 Å². The van der Waals surface area contributed by atoms with Gasteiger partial charge < -0.3 is 20.1 Å². The van der Waals surface area contributed by atoms with Crippen molar-refractivity contribution >= 4 is 5.96 Å². The summed E-state index contributed by atoms with van der Waals surface area (Å²) in [6.07, 6.45) is 1.16. The molecule has 124 valence electrons. The zero-order valence-corrected chi connectivity index (χ0v) is 14.3. The summed E-state index contributed by atoms with van der Waals surface area (Å²) in [6.45, 7) is 8.06. The van der Waals surface area contributed by atoms with Crippen molar-refractivity contribution < 1.29 is 9.47 Å². The fourth-order valence-electron chi connectivity index (χ4n) is 1.87. The first-order valence-electron chi connectivity index (χ1n) is 7.80. The van der Waals surface area contributed by atoms with Crippen LogP contribution in [0.4, 0.5) is 0 Å². The van der Waals surface area contributed by atoms with Gasteiger partial charge in [0, 0.05) is 13.6 Å². The summed E-state index contributed by atoms with van der Waals surface area (Å²) >= 11 is 0. The van der Waals surface area contributed by atoms with Crippen molar-refractivity contribution in [1.29, 1.82) is 0 Å². The molecule has 0 bridgehead atoms. The molecule has 2 N–H and O–H groups in total. The van der Waals surface area contributed by atoms with Gasteiger partial charge in [0.1, 0.15) is 17.6 Å². The second-order valence-electron chi connectivity index (χ2n) is 5.67. The van der Waals surface area contributed by atoms with Crippen LogP contribution in [-0.4, -0.2) is 39.3 Å². The molecule has 0 aliphatic heterocycles. The first-order chi connectivity index (χ1) is 10.5. The Labute approximate surface area is 134 Å². The molecule has 0 aliphatic rings. The van der Waals surface area contributed by atoms with Gasteiger partial charge in [-0.15, -0.1) is 0 Å². The number of methoxy groups -OCH3 is 1. The molecule has 0 radical (unpaired) electrons. The lowest BCUT2D eigenvalue weighted by atomic mass is 10.1. The molecule has 1 rings (SSSR count). The number of guanidine groups is 1. The smallest absolute Gasteiger partial charge is 0.191 e. The first kappa shape index (κ1) is 18.1. The predicted molar refractivity (Wildman–Crippen MR) is 91.9 cm³/mol. The van der Waals surface area contributed by atoms with Crippen molar-refractivity contribution in [2.24, 2.45) is 10.9 Å². The van der Waals surface area contributed by atoms with Crippen LogP contribution in [-0.2, 0) is 0 Å². The number of rotatable bonds is 8. The molecule has 22 heavy (non-hydrogen) atoms. The molecule has 0 amide bonds. The lowest BCUT2D eigenvalue weighted by Gasteiger charge is -2.18. The minimum atomic E-state index is 0.0389. The van der Waals surface area contributed by atoms with Crippen LogP contribution in [0.25, 0.3) is 0 Å². The van der Waals surface area contributed by atoms with Gasteiger partial charge in [-0.3, -0.25) is 4.99 Å². The average Bonchev–Trinajstić information content (AvgIpc) is 2.51. The van der Waals surface area contributed by atoms with E-state index in [1.807, 2.05) is 31.2 Å². The highest BCUT2D eigenvalue weighted by molar-refractivity contribution is 5.79. The molecule has 5 heteroatoms. The minimum absolute atomic E-state index is 0.0389. The Morgan fingerprint density at radius 3 is 2.27 bits per heavy atom. The van der Waals surface area contributed by atoms with Crippen molar-refractivity contribution in [1.82, 2.24) is 10.6 Å². The Bertz CT molecular complexity index is 444. The number of nitrogens with one attached hydrogen (secondary N) is 2. The zero-order valence-electron chi connectivity index (χ0n) is 14.3. The number of ether oxygens (including phenoxy) is 2. The van der Waals surface area contributed by atoms with Crippen LogP contribution in [0.1, 0.15) is 27.2 Å². The summed E-state index contributed by atoms with van der Waals surface area (Å²) in [5, 5.41) is 6.58. The van der Waals surface area contributed by atoms with Crippen LogP contribution in [0.15, 0.2) is 29.3 Å². The molecule has 0 fully saturated rings. The fourth-order valence-corrected chi connectivity index (χ4v) is 1.87. The molecule has 0 saturated heterocycles. The number of benzene rings is 1. The third kappa shape index (κ3) is 7.20. The predicted octanol–water partition coefficient (Wildman–Crippen LogP) is 2.67. The summed E-state index contributed by atoms with van der Waals surface area (Å²) < 4.78 is 11.0. The van der Waals surface area contributed by atoms with Gasteiger partial charge in [-0.25, -0.2) is 0 Å². The third-order valence-electron chi connectivity index (χ3n) is 3.19. The zero-order chi connectivity index (χ0) is 16.4. The van der Waals surface area contributed by atoms with Crippen molar-refractivity contribution in [2.45, 2.75) is 33.3 Å². The van der Waals surface area contributed by atoms with E-state index in [4.69, 9.17) is 9.47 Å². The summed E-state index contributed by atoms with van der Waals surface area (Å²) in [4.78, 5) is 4.21. The molecule has 0 heterocycles. The Hall–Kier alpha value is -1.91. The van der Waals surface area contributed by atoms with Crippen LogP contribution in [0, 0.1) is 5.92 Å². The maximum atomic E-state index is 5.85. The molecule has 0 saturated carbocycles. The fraction of sp³-hybridized carbons (Fsp3) is 0.588. The van der Waals surface area contributed by atoms with E-state index in [0.717, 1.165) is 30.4 Å². The number of hydrogen-bond acceptors (Lipinski definition) is 3. The van der Waals surface area contributed by atoms with Crippen LogP contribution in [0.5, 0.6) is 11.5 Å².